The van der Waals surface area contributed by atoms with Gasteiger partial charge in [0.25, 0.3) is 0 Å². The maximum atomic E-state index is 4.12. The lowest BCUT2D eigenvalue weighted by Crippen LogP contribution is -2.04. The van der Waals surface area contributed by atoms with Crippen molar-refractivity contribution >= 4 is 28.5 Å². The van der Waals surface area contributed by atoms with Crippen LogP contribution in [0.5, 0.6) is 0 Å². The van der Waals surface area contributed by atoms with E-state index in [1.165, 1.54) is 0 Å². The number of hydrogen-bond acceptors (Lipinski definition) is 3. The predicted molar refractivity (Wildman–Crippen MR) is 62.7 cm³/mol. The summed E-state index contributed by atoms with van der Waals surface area (Å²) in [6, 6.07) is 0. The van der Waals surface area contributed by atoms with Crippen LogP contribution in [0, 0.1) is 3.57 Å². The van der Waals surface area contributed by atoms with Gasteiger partial charge in [0.05, 0.1) is 0 Å². The number of anilines is 1. The molecule has 0 aromatic carbocycles. The summed E-state index contributed by atoms with van der Waals surface area (Å²) in [6.07, 6.45) is 8.75. The topological polar surface area (TPSA) is 37.8 Å². The van der Waals surface area contributed by atoms with Crippen molar-refractivity contribution in [1.29, 1.82) is 0 Å². The first kappa shape index (κ1) is 10.4. The molecule has 0 radical (unpaired) electrons. The van der Waals surface area contributed by atoms with E-state index in [2.05, 4.69) is 44.0 Å². The fourth-order valence-electron chi connectivity index (χ4n) is 0.838. The number of hydrogen-bond donors (Lipinski definition) is 1. The van der Waals surface area contributed by atoms with Crippen LogP contribution in [-0.2, 0) is 0 Å². The van der Waals surface area contributed by atoms with Gasteiger partial charge in [-0.25, -0.2) is 9.97 Å². The Morgan fingerprint density at radius 3 is 2.77 bits per heavy atom. The van der Waals surface area contributed by atoms with Gasteiger partial charge in [0.2, 0.25) is 5.95 Å². The molecule has 13 heavy (non-hydrogen) atoms. The molecule has 1 heterocycles. The molecule has 0 fully saturated rings. The summed E-state index contributed by atoms with van der Waals surface area (Å²) in [7, 11) is 0. The third kappa shape index (κ3) is 4.21. The van der Waals surface area contributed by atoms with Gasteiger partial charge in [-0.3, -0.25) is 0 Å². The minimum absolute atomic E-state index is 0.699. The van der Waals surface area contributed by atoms with Crippen molar-refractivity contribution in [3.63, 3.8) is 0 Å². The summed E-state index contributed by atoms with van der Waals surface area (Å²) in [4.78, 5) is 8.24. The van der Waals surface area contributed by atoms with Crippen molar-refractivity contribution in [2.24, 2.45) is 0 Å². The molecular formula is C9H12IN3. The number of halogens is 1. The molecular weight excluding hydrogens is 277 g/mol. The highest BCUT2D eigenvalue weighted by atomic mass is 127. The average molecular weight is 289 g/mol. The van der Waals surface area contributed by atoms with Gasteiger partial charge in [-0.05, 0) is 35.9 Å². The molecule has 1 aromatic heterocycles. The summed E-state index contributed by atoms with van der Waals surface area (Å²) >= 11 is 2.18. The van der Waals surface area contributed by atoms with Crippen LogP contribution in [0.25, 0.3) is 0 Å². The van der Waals surface area contributed by atoms with Crippen molar-refractivity contribution in [3.8, 4) is 0 Å². The highest BCUT2D eigenvalue weighted by molar-refractivity contribution is 14.1. The normalized spacial score (nSPS) is 10.6. The van der Waals surface area contributed by atoms with Crippen molar-refractivity contribution in [2.75, 3.05) is 11.9 Å². The molecule has 1 N–H and O–H groups in total. The fraction of sp³-hybridized carbons (Fsp3) is 0.333. The Morgan fingerprint density at radius 2 is 2.15 bits per heavy atom. The second-order valence-electron chi connectivity index (χ2n) is 2.51. The first-order chi connectivity index (χ1) is 6.33. The number of rotatable bonds is 4. The molecule has 70 valence electrons. The zero-order chi connectivity index (χ0) is 9.52. The lowest BCUT2D eigenvalue weighted by molar-refractivity contribution is 1.01. The molecule has 0 saturated heterocycles. The molecule has 0 aliphatic carbocycles. The van der Waals surface area contributed by atoms with Gasteiger partial charge in [-0.1, -0.05) is 12.2 Å². The molecule has 0 aliphatic heterocycles. The standard InChI is InChI=1S/C9H12IN3/c1-2-3-4-5-11-9-12-6-8(10)7-13-9/h2-3,6-7H,4-5H2,1H3,(H,11,12,13)/b3-2+. The van der Waals surface area contributed by atoms with E-state index in [9.17, 15) is 0 Å². The monoisotopic (exact) mass is 289 g/mol. The minimum atomic E-state index is 0.699. The number of nitrogens with zero attached hydrogens (tertiary/aromatic N) is 2. The first-order valence-corrected chi connectivity index (χ1v) is 5.23. The number of aromatic nitrogens is 2. The molecule has 0 bridgehead atoms. The van der Waals surface area contributed by atoms with E-state index in [4.69, 9.17) is 0 Å². The van der Waals surface area contributed by atoms with Crippen molar-refractivity contribution < 1.29 is 0 Å². The molecule has 0 atom stereocenters. The summed E-state index contributed by atoms with van der Waals surface area (Å²) in [6.45, 7) is 2.90. The van der Waals surface area contributed by atoms with Crippen LogP contribution in [0.2, 0.25) is 0 Å². The quantitative estimate of drug-likeness (QED) is 0.525. The molecule has 0 aliphatic rings. The van der Waals surface area contributed by atoms with Gasteiger partial charge in [-0.2, -0.15) is 0 Å². The van der Waals surface area contributed by atoms with Crippen LogP contribution in [0.15, 0.2) is 24.5 Å². The Morgan fingerprint density at radius 1 is 1.46 bits per heavy atom. The van der Waals surface area contributed by atoms with Crippen molar-refractivity contribution in [1.82, 2.24) is 9.97 Å². The van der Waals surface area contributed by atoms with Crippen LogP contribution < -0.4 is 5.32 Å². The minimum Gasteiger partial charge on any atom is -0.354 e. The van der Waals surface area contributed by atoms with Crippen LogP contribution in [0.1, 0.15) is 13.3 Å². The van der Waals surface area contributed by atoms with Crippen LogP contribution in [0.3, 0.4) is 0 Å². The third-order valence-electron chi connectivity index (χ3n) is 1.45. The summed E-state index contributed by atoms with van der Waals surface area (Å²) in [5, 5.41) is 3.13. The number of nitrogens with one attached hydrogen (secondary N) is 1. The van der Waals surface area contributed by atoms with Crippen molar-refractivity contribution in [3.05, 3.63) is 28.1 Å². The molecule has 1 aromatic rings. The molecule has 0 saturated carbocycles. The molecule has 0 amide bonds. The summed E-state index contributed by atoms with van der Waals surface area (Å²) in [5.74, 6) is 0.699. The smallest absolute Gasteiger partial charge is 0.222 e. The molecule has 0 spiro atoms. The van der Waals surface area contributed by atoms with E-state index in [0.717, 1.165) is 16.5 Å². The second-order valence-corrected chi connectivity index (χ2v) is 3.76. The van der Waals surface area contributed by atoms with Gasteiger partial charge < -0.3 is 5.32 Å². The summed E-state index contributed by atoms with van der Waals surface area (Å²) in [5.41, 5.74) is 0. The highest BCUT2D eigenvalue weighted by Crippen LogP contribution is 2.02. The Hall–Kier alpha value is -0.650. The Labute approximate surface area is 91.8 Å². The lowest BCUT2D eigenvalue weighted by atomic mass is 10.4. The SMILES string of the molecule is C/C=C/CCNc1ncc(I)cn1. The van der Waals surface area contributed by atoms with Gasteiger partial charge in [0.15, 0.2) is 0 Å². The maximum Gasteiger partial charge on any atom is 0.222 e. The molecule has 3 nitrogen and oxygen atoms in total. The van der Waals surface area contributed by atoms with Gasteiger partial charge in [0.1, 0.15) is 0 Å². The molecule has 4 heteroatoms. The van der Waals surface area contributed by atoms with Crippen molar-refractivity contribution in [2.45, 2.75) is 13.3 Å². The molecule has 0 unspecified atom stereocenters. The van der Waals surface area contributed by atoms with E-state index in [1.54, 1.807) is 12.4 Å². The maximum absolute atomic E-state index is 4.12. The largest absolute Gasteiger partial charge is 0.354 e. The zero-order valence-electron chi connectivity index (χ0n) is 7.50. The van der Waals surface area contributed by atoms with E-state index < -0.39 is 0 Å². The highest BCUT2D eigenvalue weighted by Gasteiger charge is 1.92. The van der Waals surface area contributed by atoms with E-state index in [1.807, 2.05) is 13.0 Å². The second kappa shape index (κ2) is 5.90. The van der Waals surface area contributed by atoms with Crippen LogP contribution in [0.4, 0.5) is 5.95 Å². The Kier molecular flexibility index (Phi) is 4.74. The lowest BCUT2D eigenvalue weighted by Gasteiger charge is -2.01. The van der Waals surface area contributed by atoms with Crippen LogP contribution in [-0.4, -0.2) is 16.5 Å². The summed E-state index contributed by atoms with van der Waals surface area (Å²) < 4.78 is 1.05. The van der Waals surface area contributed by atoms with E-state index >= 15 is 0 Å². The molecule has 1 rings (SSSR count). The van der Waals surface area contributed by atoms with Crippen LogP contribution >= 0.6 is 22.6 Å². The predicted octanol–water partition coefficient (Wildman–Crippen LogP) is 2.46. The number of allylic oxidation sites excluding steroid dienone is 1. The van der Waals surface area contributed by atoms with Gasteiger partial charge in [0, 0.05) is 22.5 Å². The van der Waals surface area contributed by atoms with E-state index in [0.29, 0.717) is 5.95 Å². The van der Waals surface area contributed by atoms with E-state index in [-0.39, 0.29) is 0 Å². The fourth-order valence-corrected chi connectivity index (χ4v) is 1.12. The zero-order valence-corrected chi connectivity index (χ0v) is 9.65. The Bertz CT molecular complexity index is 269. The Balaban J connectivity index is 2.33. The van der Waals surface area contributed by atoms with Gasteiger partial charge in [-0.15, -0.1) is 0 Å². The third-order valence-corrected chi connectivity index (χ3v) is 2.01. The average Bonchev–Trinajstić information content (AvgIpc) is 2.15. The first-order valence-electron chi connectivity index (χ1n) is 4.15. The van der Waals surface area contributed by atoms with Gasteiger partial charge >= 0.3 is 0 Å².